The molecule has 1 saturated carbocycles. The van der Waals surface area contributed by atoms with Gasteiger partial charge in [0.2, 0.25) is 0 Å². The molecular weight excluding hydrogens is 203 g/mol. The van der Waals surface area contributed by atoms with Crippen LogP contribution in [-0.2, 0) is 0 Å². The minimum atomic E-state index is -0.251. The SMILES string of the molecule is Cc1cc(C)c(C2CCCC(O)C2)c(F)c1. The van der Waals surface area contributed by atoms with Crippen LogP contribution in [0.15, 0.2) is 12.1 Å². The molecule has 1 nitrogen and oxygen atoms in total. The fraction of sp³-hybridized carbons (Fsp3) is 0.571. The zero-order chi connectivity index (χ0) is 11.7. The highest BCUT2D eigenvalue weighted by molar-refractivity contribution is 5.35. The monoisotopic (exact) mass is 222 g/mol. The van der Waals surface area contributed by atoms with Gasteiger partial charge < -0.3 is 5.11 Å². The van der Waals surface area contributed by atoms with Crippen molar-refractivity contribution in [1.82, 2.24) is 0 Å². The van der Waals surface area contributed by atoms with Crippen molar-refractivity contribution in [3.63, 3.8) is 0 Å². The second-order valence-electron chi connectivity index (χ2n) is 4.99. The average molecular weight is 222 g/mol. The van der Waals surface area contributed by atoms with E-state index >= 15 is 0 Å². The first-order valence-corrected chi connectivity index (χ1v) is 6.02. The van der Waals surface area contributed by atoms with Crippen molar-refractivity contribution < 1.29 is 9.50 Å². The van der Waals surface area contributed by atoms with E-state index in [1.807, 2.05) is 19.9 Å². The summed E-state index contributed by atoms with van der Waals surface area (Å²) in [4.78, 5) is 0. The van der Waals surface area contributed by atoms with Gasteiger partial charge in [0.25, 0.3) is 0 Å². The van der Waals surface area contributed by atoms with E-state index in [0.29, 0.717) is 6.42 Å². The molecule has 1 aromatic rings. The van der Waals surface area contributed by atoms with E-state index in [2.05, 4.69) is 0 Å². The highest BCUT2D eigenvalue weighted by atomic mass is 19.1. The molecule has 2 rings (SSSR count). The molecule has 16 heavy (non-hydrogen) atoms. The molecule has 0 amide bonds. The first-order chi connectivity index (χ1) is 7.58. The molecule has 2 unspecified atom stereocenters. The molecule has 88 valence electrons. The number of halogens is 1. The molecule has 0 aromatic heterocycles. The zero-order valence-corrected chi connectivity index (χ0v) is 9.96. The first-order valence-electron chi connectivity index (χ1n) is 6.02. The van der Waals surface area contributed by atoms with E-state index in [0.717, 1.165) is 36.0 Å². The molecule has 1 aliphatic carbocycles. The molecule has 1 aromatic carbocycles. The molecule has 1 N–H and O–H groups in total. The van der Waals surface area contributed by atoms with Crippen molar-refractivity contribution in [2.24, 2.45) is 0 Å². The van der Waals surface area contributed by atoms with Crippen molar-refractivity contribution in [2.75, 3.05) is 0 Å². The molecule has 0 aliphatic heterocycles. The van der Waals surface area contributed by atoms with E-state index in [1.54, 1.807) is 6.07 Å². The Morgan fingerprint density at radius 2 is 2.00 bits per heavy atom. The third kappa shape index (κ3) is 2.27. The molecule has 0 spiro atoms. The smallest absolute Gasteiger partial charge is 0.127 e. The van der Waals surface area contributed by atoms with Crippen LogP contribution in [-0.4, -0.2) is 11.2 Å². The predicted octanol–water partition coefficient (Wildman–Crippen LogP) is 3.46. The van der Waals surface area contributed by atoms with Gasteiger partial charge in [0, 0.05) is 0 Å². The van der Waals surface area contributed by atoms with E-state index in [4.69, 9.17) is 0 Å². The van der Waals surface area contributed by atoms with Gasteiger partial charge in [0.05, 0.1) is 6.10 Å². The van der Waals surface area contributed by atoms with Gasteiger partial charge in [-0.3, -0.25) is 0 Å². The lowest BCUT2D eigenvalue weighted by Gasteiger charge is -2.27. The molecule has 0 bridgehead atoms. The van der Waals surface area contributed by atoms with Gasteiger partial charge >= 0.3 is 0 Å². The maximum absolute atomic E-state index is 13.9. The summed E-state index contributed by atoms with van der Waals surface area (Å²) in [5.41, 5.74) is 2.82. The Balaban J connectivity index is 2.32. The molecule has 0 heterocycles. The minimum absolute atomic E-state index is 0.100. The van der Waals surface area contributed by atoms with Crippen molar-refractivity contribution in [2.45, 2.75) is 51.6 Å². The summed E-state index contributed by atoms with van der Waals surface area (Å²) in [7, 11) is 0. The first kappa shape index (κ1) is 11.6. The topological polar surface area (TPSA) is 20.2 Å². The summed E-state index contributed by atoms with van der Waals surface area (Å²) in [6.45, 7) is 3.88. The Labute approximate surface area is 96.3 Å². The highest BCUT2D eigenvalue weighted by Gasteiger charge is 2.25. The van der Waals surface area contributed by atoms with Crippen LogP contribution < -0.4 is 0 Å². The Morgan fingerprint density at radius 1 is 1.25 bits per heavy atom. The molecule has 2 heteroatoms. The number of rotatable bonds is 1. The lowest BCUT2D eigenvalue weighted by Crippen LogP contribution is -2.19. The van der Waals surface area contributed by atoms with Crippen LogP contribution in [0.1, 0.15) is 48.3 Å². The van der Waals surface area contributed by atoms with E-state index in [9.17, 15) is 9.50 Å². The fourth-order valence-electron chi connectivity index (χ4n) is 2.87. The standard InChI is InChI=1S/C14H19FO/c1-9-6-10(2)14(13(15)7-9)11-4-3-5-12(16)8-11/h6-7,11-12,16H,3-5,8H2,1-2H3. The van der Waals surface area contributed by atoms with Gasteiger partial charge in [-0.15, -0.1) is 0 Å². The van der Waals surface area contributed by atoms with Crippen LogP contribution in [0, 0.1) is 19.7 Å². The van der Waals surface area contributed by atoms with Gasteiger partial charge in [-0.05, 0) is 61.8 Å². The lowest BCUT2D eigenvalue weighted by molar-refractivity contribution is 0.119. The van der Waals surface area contributed by atoms with E-state index in [1.165, 1.54) is 0 Å². The van der Waals surface area contributed by atoms with Crippen LogP contribution in [0.4, 0.5) is 4.39 Å². The van der Waals surface area contributed by atoms with E-state index in [-0.39, 0.29) is 17.8 Å². The second-order valence-corrected chi connectivity index (χ2v) is 4.99. The molecule has 0 saturated heterocycles. The number of aryl methyl sites for hydroxylation is 2. The summed E-state index contributed by atoms with van der Waals surface area (Å²) in [5, 5.41) is 9.65. The predicted molar refractivity (Wildman–Crippen MR) is 63.1 cm³/mol. The Hall–Kier alpha value is -0.890. The number of aliphatic hydroxyl groups excluding tert-OH is 1. The third-order valence-corrected chi connectivity index (χ3v) is 3.54. The van der Waals surface area contributed by atoms with Crippen molar-refractivity contribution in [1.29, 1.82) is 0 Å². The zero-order valence-electron chi connectivity index (χ0n) is 9.96. The normalized spacial score (nSPS) is 25.8. The van der Waals surface area contributed by atoms with Crippen molar-refractivity contribution in [3.8, 4) is 0 Å². The Kier molecular flexibility index (Phi) is 3.29. The van der Waals surface area contributed by atoms with Crippen molar-refractivity contribution in [3.05, 3.63) is 34.6 Å². The molecule has 2 atom stereocenters. The molecule has 0 radical (unpaired) electrons. The highest BCUT2D eigenvalue weighted by Crippen LogP contribution is 2.36. The van der Waals surface area contributed by atoms with Crippen LogP contribution in [0.3, 0.4) is 0 Å². The van der Waals surface area contributed by atoms with Gasteiger partial charge in [-0.2, -0.15) is 0 Å². The largest absolute Gasteiger partial charge is 0.393 e. The van der Waals surface area contributed by atoms with E-state index < -0.39 is 0 Å². The summed E-state index contributed by atoms with van der Waals surface area (Å²) in [6.07, 6.45) is 3.32. The second kappa shape index (κ2) is 4.54. The maximum atomic E-state index is 13.9. The summed E-state index contributed by atoms with van der Waals surface area (Å²) in [6, 6.07) is 3.63. The average Bonchev–Trinajstić information content (AvgIpc) is 2.15. The van der Waals surface area contributed by atoms with Gasteiger partial charge in [0.15, 0.2) is 0 Å². The number of hydrogen-bond acceptors (Lipinski definition) is 1. The lowest BCUT2D eigenvalue weighted by atomic mass is 9.80. The Bertz CT molecular complexity index is 363. The van der Waals surface area contributed by atoms with Gasteiger partial charge in [-0.1, -0.05) is 12.5 Å². The van der Waals surface area contributed by atoms with Crippen molar-refractivity contribution >= 4 is 0 Å². The van der Waals surface area contributed by atoms with Gasteiger partial charge in [-0.25, -0.2) is 4.39 Å². The third-order valence-electron chi connectivity index (χ3n) is 3.54. The van der Waals surface area contributed by atoms with Crippen LogP contribution in [0.25, 0.3) is 0 Å². The summed E-state index contributed by atoms with van der Waals surface area (Å²) >= 11 is 0. The molecule has 1 fully saturated rings. The quantitative estimate of drug-likeness (QED) is 0.771. The molecular formula is C14H19FO. The number of aliphatic hydroxyl groups is 1. The summed E-state index contributed by atoms with van der Waals surface area (Å²) in [5.74, 6) is 0.0981. The van der Waals surface area contributed by atoms with Crippen LogP contribution >= 0.6 is 0 Å². The number of hydrogen-bond donors (Lipinski definition) is 1. The molecule has 1 aliphatic rings. The maximum Gasteiger partial charge on any atom is 0.127 e. The minimum Gasteiger partial charge on any atom is -0.393 e. The Morgan fingerprint density at radius 3 is 2.62 bits per heavy atom. The van der Waals surface area contributed by atoms with Crippen LogP contribution in [0.5, 0.6) is 0 Å². The number of benzene rings is 1. The fourth-order valence-corrected chi connectivity index (χ4v) is 2.87. The summed E-state index contributed by atoms with van der Waals surface area (Å²) < 4.78 is 13.9. The van der Waals surface area contributed by atoms with Crippen LogP contribution in [0.2, 0.25) is 0 Å². The van der Waals surface area contributed by atoms with Gasteiger partial charge in [0.1, 0.15) is 5.82 Å².